The van der Waals surface area contributed by atoms with Crippen molar-refractivity contribution in [3.8, 4) is 17.2 Å². The van der Waals surface area contributed by atoms with Gasteiger partial charge in [0, 0.05) is 41.8 Å². The molecule has 4 aliphatic heterocycles. The minimum atomic E-state index is -1.56. The number of ether oxygens (including phenoxy) is 3. The van der Waals surface area contributed by atoms with E-state index < -0.39 is 9.83 Å². The predicted octanol–water partition coefficient (Wildman–Crippen LogP) is 6.41. The Balaban J connectivity index is 1.55. The average Bonchev–Trinajstić information content (AvgIpc) is 3.28. The highest BCUT2D eigenvalue weighted by molar-refractivity contribution is 6.68. The van der Waals surface area contributed by atoms with E-state index in [2.05, 4.69) is 28.0 Å². The lowest BCUT2D eigenvalue weighted by Crippen LogP contribution is -2.43. The van der Waals surface area contributed by atoms with Crippen LogP contribution in [0.25, 0.3) is 11.8 Å². The Morgan fingerprint density at radius 2 is 1.76 bits per heavy atom. The molecule has 180 valence electrons. The number of piperidine rings is 1. The van der Waals surface area contributed by atoms with Gasteiger partial charge in [-0.05, 0) is 54.7 Å². The Hall–Kier alpha value is -1.66. The molecular weight excluding hydrogens is 518 g/mol. The van der Waals surface area contributed by atoms with Gasteiger partial charge in [-0.2, -0.15) is 0 Å². The molecule has 1 atom stereocenters. The molecule has 5 nitrogen and oxygen atoms in total. The predicted molar refractivity (Wildman–Crippen MR) is 138 cm³/mol. The minimum Gasteiger partial charge on any atom is -0.495 e. The van der Waals surface area contributed by atoms with Gasteiger partial charge in [0.15, 0.2) is 11.5 Å². The molecule has 0 saturated carbocycles. The summed E-state index contributed by atoms with van der Waals surface area (Å²) in [6.45, 7) is 2.62. The second-order valence-corrected chi connectivity index (χ2v) is 12.0. The van der Waals surface area contributed by atoms with Crippen LogP contribution in [0.3, 0.4) is 0 Å². The van der Waals surface area contributed by atoms with Crippen LogP contribution in [0.4, 0.5) is 5.69 Å². The van der Waals surface area contributed by atoms with Crippen molar-refractivity contribution in [3.63, 3.8) is 0 Å². The smallest absolute Gasteiger partial charge is 0.231 e. The fraction of sp³-hybridized carbons (Fsp3) is 0.440. The van der Waals surface area contributed by atoms with Crippen molar-refractivity contribution in [1.29, 1.82) is 0 Å². The molecule has 0 amide bonds. The van der Waals surface area contributed by atoms with Crippen molar-refractivity contribution < 1.29 is 14.2 Å². The SMILES string of the molecule is COc1ccc2c(c1N1CCC(Cl)CC1)[C@H](C(Cl)(Cl)Cl)N1CCc3cc4c(cc3C1=C2)OCO4. The van der Waals surface area contributed by atoms with Crippen LogP contribution < -0.4 is 19.1 Å². The maximum atomic E-state index is 6.75. The normalized spacial score (nSPS) is 21.6. The number of hydrogen-bond acceptors (Lipinski definition) is 5. The molecule has 0 aromatic heterocycles. The number of halogens is 4. The van der Waals surface area contributed by atoms with Crippen molar-refractivity contribution in [1.82, 2.24) is 4.90 Å². The molecule has 0 bridgehead atoms. The number of anilines is 1. The van der Waals surface area contributed by atoms with Crippen LogP contribution in [0.1, 0.15) is 41.1 Å². The average molecular weight is 542 g/mol. The molecule has 4 heterocycles. The van der Waals surface area contributed by atoms with E-state index in [0.29, 0.717) is 0 Å². The lowest BCUT2D eigenvalue weighted by molar-refractivity contribution is 0.174. The van der Waals surface area contributed by atoms with Crippen LogP contribution >= 0.6 is 46.4 Å². The number of nitrogens with zero attached hydrogens (tertiary/aromatic N) is 2. The summed E-state index contributed by atoms with van der Waals surface area (Å²) in [6, 6.07) is 7.70. The summed E-state index contributed by atoms with van der Waals surface area (Å²) in [5, 5.41) is 0.184. The van der Waals surface area contributed by atoms with Gasteiger partial charge in [0.2, 0.25) is 10.6 Å². The third-order valence-corrected chi connectivity index (χ3v) is 8.22. The molecule has 9 heteroatoms. The van der Waals surface area contributed by atoms with Crippen molar-refractivity contribution in [3.05, 3.63) is 46.5 Å². The van der Waals surface area contributed by atoms with Crippen molar-refractivity contribution in [2.45, 2.75) is 34.5 Å². The number of alkyl halides is 4. The Morgan fingerprint density at radius 1 is 1.03 bits per heavy atom. The fourth-order valence-electron chi connectivity index (χ4n) is 5.60. The summed E-state index contributed by atoms with van der Waals surface area (Å²) >= 11 is 26.6. The van der Waals surface area contributed by atoms with Crippen LogP contribution in [0.15, 0.2) is 24.3 Å². The van der Waals surface area contributed by atoms with E-state index in [0.717, 1.165) is 84.2 Å². The molecule has 0 radical (unpaired) electrons. The highest BCUT2D eigenvalue weighted by atomic mass is 35.6. The fourth-order valence-corrected chi connectivity index (χ4v) is 6.47. The number of rotatable bonds is 2. The van der Waals surface area contributed by atoms with Crippen LogP contribution in [0, 0.1) is 0 Å². The first-order chi connectivity index (χ1) is 16.3. The summed E-state index contributed by atoms with van der Waals surface area (Å²) in [4.78, 5) is 4.55. The van der Waals surface area contributed by atoms with E-state index >= 15 is 0 Å². The van der Waals surface area contributed by atoms with Crippen molar-refractivity contribution in [2.24, 2.45) is 0 Å². The molecule has 1 fully saturated rings. The number of methoxy groups -OCH3 is 1. The van der Waals surface area contributed by atoms with E-state index in [4.69, 9.17) is 60.6 Å². The van der Waals surface area contributed by atoms with Gasteiger partial charge in [-0.3, -0.25) is 0 Å². The second-order valence-electron chi connectivity index (χ2n) is 9.06. The third-order valence-electron chi connectivity index (χ3n) is 7.17. The molecule has 2 aromatic carbocycles. The summed E-state index contributed by atoms with van der Waals surface area (Å²) in [6.07, 6.45) is 4.81. The Kier molecular flexibility index (Phi) is 5.68. The summed E-state index contributed by atoms with van der Waals surface area (Å²) < 4.78 is 15.5. The lowest BCUT2D eigenvalue weighted by atomic mass is 9.85. The molecular formula is C25H24Cl4N2O3. The first-order valence-electron chi connectivity index (χ1n) is 11.4. The number of fused-ring (bicyclic) bond motifs is 5. The Morgan fingerprint density at radius 3 is 2.47 bits per heavy atom. The monoisotopic (exact) mass is 540 g/mol. The summed E-state index contributed by atoms with van der Waals surface area (Å²) in [5.41, 5.74) is 6.32. The van der Waals surface area contributed by atoms with Gasteiger partial charge >= 0.3 is 0 Å². The third kappa shape index (κ3) is 3.67. The van der Waals surface area contributed by atoms with Crippen molar-refractivity contribution >= 4 is 63.9 Å². The summed E-state index contributed by atoms with van der Waals surface area (Å²) in [5.74, 6) is 2.32. The quantitative estimate of drug-likeness (QED) is 0.410. The van der Waals surface area contributed by atoms with Gasteiger partial charge < -0.3 is 24.0 Å². The Bertz CT molecular complexity index is 1170. The second kappa shape index (κ2) is 8.48. The molecule has 2 aromatic rings. The van der Waals surface area contributed by atoms with Gasteiger partial charge in [-0.1, -0.05) is 40.9 Å². The maximum Gasteiger partial charge on any atom is 0.231 e. The highest BCUT2D eigenvalue weighted by Crippen LogP contribution is 2.56. The topological polar surface area (TPSA) is 34.2 Å². The summed E-state index contributed by atoms with van der Waals surface area (Å²) in [7, 11) is 1.69. The molecule has 1 saturated heterocycles. The Labute approximate surface area is 219 Å². The van der Waals surface area contributed by atoms with Crippen LogP contribution in [-0.4, -0.2) is 47.6 Å². The standard InChI is InChI=1S/C25H24Cl4N2O3/c1-32-19-3-2-15-10-18-17-12-21-20(33-13-34-21)11-14(17)4-9-31(18)24(25(27,28)29)22(15)23(19)30-7-5-16(26)6-8-30/h2-3,10-12,16,24H,4-9,13H2,1H3/t24-/m1/s1. The first kappa shape index (κ1) is 22.8. The van der Waals surface area contributed by atoms with Crippen LogP contribution in [-0.2, 0) is 6.42 Å². The van der Waals surface area contributed by atoms with E-state index in [1.807, 2.05) is 12.1 Å². The molecule has 6 rings (SSSR count). The van der Waals surface area contributed by atoms with E-state index in [-0.39, 0.29) is 12.2 Å². The van der Waals surface area contributed by atoms with Gasteiger partial charge in [-0.25, -0.2) is 0 Å². The molecule has 0 N–H and O–H groups in total. The highest BCUT2D eigenvalue weighted by Gasteiger charge is 2.46. The number of benzene rings is 2. The zero-order valence-corrected chi connectivity index (χ0v) is 21.6. The molecule has 0 unspecified atom stereocenters. The van der Waals surface area contributed by atoms with E-state index in [9.17, 15) is 0 Å². The van der Waals surface area contributed by atoms with Gasteiger partial charge in [-0.15, -0.1) is 11.6 Å². The van der Waals surface area contributed by atoms with E-state index in [1.165, 1.54) is 5.56 Å². The zero-order chi connectivity index (χ0) is 23.6. The maximum absolute atomic E-state index is 6.75. The first-order valence-corrected chi connectivity index (χ1v) is 13.0. The van der Waals surface area contributed by atoms with Crippen molar-refractivity contribution in [2.75, 3.05) is 38.4 Å². The molecule has 4 aliphatic rings. The van der Waals surface area contributed by atoms with Gasteiger partial charge in [0.1, 0.15) is 11.8 Å². The van der Waals surface area contributed by atoms with Gasteiger partial charge in [0.25, 0.3) is 0 Å². The largest absolute Gasteiger partial charge is 0.495 e. The zero-order valence-electron chi connectivity index (χ0n) is 18.6. The van der Waals surface area contributed by atoms with Crippen LogP contribution in [0.2, 0.25) is 0 Å². The number of hydrogen-bond donors (Lipinski definition) is 0. The van der Waals surface area contributed by atoms with Crippen LogP contribution in [0.5, 0.6) is 17.2 Å². The molecule has 34 heavy (non-hydrogen) atoms. The van der Waals surface area contributed by atoms with E-state index in [1.54, 1.807) is 7.11 Å². The minimum absolute atomic E-state index is 0.184. The molecule has 0 spiro atoms. The van der Waals surface area contributed by atoms with Gasteiger partial charge in [0.05, 0.1) is 12.8 Å². The lowest BCUT2D eigenvalue weighted by Gasteiger charge is -2.47. The molecule has 0 aliphatic carbocycles.